The van der Waals surface area contributed by atoms with Gasteiger partial charge in [0.25, 0.3) is 0 Å². The lowest BCUT2D eigenvalue weighted by Crippen LogP contribution is -2.63. The Balaban J connectivity index is 1.82. The summed E-state index contributed by atoms with van der Waals surface area (Å²) in [6.07, 6.45) is 4.42. The van der Waals surface area contributed by atoms with Crippen LogP contribution in [0.15, 0.2) is 6.20 Å². The van der Waals surface area contributed by atoms with E-state index in [0.29, 0.717) is 24.6 Å². The van der Waals surface area contributed by atoms with Gasteiger partial charge < -0.3 is 10.2 Å². The molecule has 2 aliphatic rings. The van der Waals surface area contributed by atoms with E-state index in [4.69, 9.17) is 0 Å². The van der Waals surface area contributed by atoms with E-state index in [2.05, 4.69) is 15.6 Å². The molecule has 2 amide bonds. The fourth-order valence-electron chi connectivity index (χ4n) is 2.77. The number of rotatable bonds is 4. The van der Waals surface area contributed by atoms with Crippen LogP contribution in [0.2, 0.25) is 0 Å². The average Bonchev–Trinajstić information content (AvgIpc) is 3.17. The molecule has 7 heteroatoms. The lowest BCUT2D eigenvalue weighted by molar-refractivity contribution is -0.150. The highest BCUT2D eigenvalue weighted by atomic mass is 16.2. The van der Waals surface area contributed by atoms with Crippen LogP contribution in [-0.4, -0.2) is 43.8 Å². The first-order valence-electron chi connectivity index (χ1n) is 7.06. The van der Waals surface area contributed by atoms with Gasteiger partial charge in [0.15, 0.2) is 0 Å². The molecule has 0 radical (unpaired) electrons. The van der Waals surface area contributed by atoms with Crippen molar-refractivity contribution in [3.05, 3.63) is 11.9 Å². The van der Waals surface area contributed by atoms with E-state index in [1.54, 1.807) is 22.8 Å². The highest BCUT2D eigenvalue weighted by molar-refractivity contribution is 5.97. The molecule has 20 heavy (non-hydrogen) atoms. The summed E-state index contributed by atoms with van der Waals surface area (Å²) < 4.78 is 1.60. The molecule has 0 aromatic carbocycles. The van der Waals surface area contributed by atoms with E-state index in [1.807, 2.05) is 6.92 Å². The zero-order valence-corrected chi connectivity index (χ0v) is 11.7. The Morgan fingerprint density at radius 3 is 2.70 bits per heavy atom. The van der Waals surface area contributed by atoms with Crippen LogP contribution in [0, 0.1) is 5.92 Å². The summed E-state index contributed by atoms with van der Waals surface area (Å²) >= 11 is 0. The smallest absolute Gasteiger partial charge is 0.246 e. The maximum absolute atomic E-state index is 12.6. The van der Waals surface area contributed by atoms with Crippen LogP contribution >= 0.6 is 0 Å². The first-order valence-corrected chi connectivity index (χ1v) is 7.06. The number of amides is 2. The lowest BCUT2D eigenvalue weighted by Gasteiger charge is -2.38. The number of carbonyl (C=O) groups is 2. The van der Waals surface area contributed by atoms with Crippen LogP contribution in [0.3, 0.4) is 0 Å². The molecule has 2 fully saturated rings. The summed E-state index contributed by atoms with van der Waals surface area (Å²) in [5.74, 6) is 0.283. The van der Waals surface area contributed by atoms with Crippen molar-refractivity contribution in [2.75, 3.05) is 0 Å². The van der Waals surface area contributed by atoms with Crippen LogP contribution in [0.5, 0.6) is 0 Å². The van der Waals surface area contributed by atoms with Gasteiger partial charge in [0.05, 0.1) is 6.54 Å². The second kappa shape index (κ2) is 4.88. The van der Waals surface area contributed by atoms with E-state index in [0.717, 1.165) is 12.8 Å². The van der Waals surface area contributed by atoms with Crippen LogP contribution in [0.4, 0.5) is 0 Å². The predicted octanol–water partition coefficient (Wildman–Crippen LogP) is -0.169. The van der Waals surface area contributed by atoms with Crippen molar-refractivity contribution < 1.29 is 9.59 Å². The van der Waals surface area contributed by atoms with Crippen LogP contribution < -0.4 is 5.32 Å². The summed E-state index contributed by atoms with van der Waals surface area (Å²) in [6, 6.07) is -0.749. The molecule has 1 N–H and O–H groups in total. The fourth-order valence-corrected chi connectivity index (χ4v) is 2.77. The maximum atomic E-state index is 12.6. The van der Waals surface area contributed by atoms with Crippen molar-refractivity contribution >= 4 is 11.8 Å². The molecular formula is C13H19N5O2. The third-order valence-electron chi connectivity index (χ3n) is 3.99. The minimum Gasteiger partial charge on any atom is -0.342 e. The predicted molar refractivity (Wildman–Crippen MR) is 70.3 cm³/mol. The number of nitrogens with one attached hydrogen (secondary N) is 1. The number of aryl methyl sites for hydroxylation is 1. The molecule has 1 aromatic rings. The van der Waals surface area contributed by atoms with Crippen LogP contribution in [0.25, 0.3) is 0 Å². The number of hydrogen-bond donors (Lipinski definition) is 1. The molecule has 1 aliphatic carbocycles. The monoisotopic (exact) mass is 277 g/mol. The Hall–Kier alpha value is -1.92. The van der Waals surface area contributed by atoms with Gasteiger partial charge in [-0.1, -0.05) is 12.1 Å². The second-order valence-corrected chi connectivity index (χ2v) is 5.60. The van der Waals surface area contributed by atoms with Gasteiger partial charge in [-0.25, -0.2) is 0 Å². The Kier molecular flexibility index (Phi) is 3.19. The molecule has 3 rings (SSSR count). The third kappa shape index (κ3) is 2.28. The summed E-state index contributed by atoms with van der Waals surface area (Å²) in [7, 11) is 1.78. The van der Waals surface area contributed by atoms with Gasteiger partial charge in [-0.3, -0.25) is 14.3 Å². The van der Waals surface area contributed by atoms with Crippen LogP contribution in [0.1, 0.15) is 31.9 Å². The van der Waals surface area contributed by atoms with Gasteiger partial charge >= 0.3 is 0 Å². The van der Waals surface area contributed by atoms with Crippen molar-refractivity contribution in [2.24, 2.45) is 13.0 Å². The van der Waals surface area contributed by atoms with Gasteiger partial charge in [0, 0.05) is 13.2 Å². The average molecular weight is 277 g/mol. The van der Waals surface area contributed by atoms with Gasteiger partial charge in [-0.15, -0.1) is 5.10 Å². The Bertz CT molecular complexity index is 537. The van der Waals surface area contributed by atoms with Crippen LogP contribution in [-0.2, 0) is 23.2 Å². The largest absolute Gasteiger partial charge is 0.342 e. The molecular weight excluding hydrogens is 258 g/mol. The van der Waals surface area contributed by atoms with E-state index >= 15 is 0 Å². The zero-order valence-electron chi connectivity index (χ0n) is 11.7. The maximum Gasteiger partial charge on any atom is 0.246 e. The van der Waals surface area contributed by atoms with Crippen molar-refractivity contribution in [1.82, 2.24) is 25.2 Å². The van der Waals surface area contributed by atoms with E-state index in [1.165, 1.54) is 0 Å². The van der Waals surface area contributed by atoms with E-state index in [-0.39, 0.29) is 17.9 Å². The Labute approximate surface area is 117 Å². The van der Waals surface area contributed by atoms with Gasteiger partial charge in [-0.05, 0) is 25.2 Å². The molecule has 1 saturated carbocycles. The first-order chi connectivity index (χ1) is 9.60. The second-order valence-electron chi connectivity index (χ2n) is 5.60. The highest BCUT2D eigenvalue weighted by Gasteiger charge is 2.46. The minimum absolute atomic E-state index is 0.0182. The molecule has 0 spiro atoms. The summed E-state index contributed by atoms with van der Waals surface area (Å²) in [5, 5.41) is 10.8. The highest BCUT2D eigenvalue weighted by Crippen LogP contribution is 2.35. The number of piperazine rings is 1. The van der Waals surface area contributed by atoms with Gasteiger partial charge in [0.2, 0.25) is 11.8 Å². The van der Waals surface area contributed by atoms with Crippen molar-refractivity contribution in [1.29, 1.82) is 0 Å². The topological polar surface area (TPSA) is 80.1 Å². The van der Waals surface area contributed by atoms with Crippen molar-refractivity contribution in [2.45, 2.75) is 44.8 Å². The van der Waals surface area contributed by atoms with E-state index in [9.17, 15) is 9.59 Å². The van der Waals surface area contributed by atoms with E-state index < -0.39 is 6.04 Å². The molecule has 2 heterocycles. The molecule has 1 aliphatic heterocycles. The van der Waals surface area contributed by atoms with Gasteiger partial charge in [0.1, 0.15) is 17.8 Å². The standard InChI is InChI=1S/C13H19N5O2/c1-3-10-12(19)14-11(8-4-5-8)13(20)18(10)7-9-6-17(2)16-15-9/h6,8,10-11H,3-5,7H2,1-2H3,(H,14,19). The fraction of sp³-hybridized carbons (Fsp3) is 0.692. The zero-order chi connectivity index (χ0) is 14.3. The quantitative estimate of drug-likeness (QED) is 0.828. The number of hydrogen-bond acceptors (Lipinski definition) is 4. The molecule has 7 nitrogen and oxygen atoms in total. The first kappa shape index (κ1) is 13.1. The summed E-state index contributed by atoms with van der Waals surface area (Å²) in [6.45, 7) is 2.26. The Morgan fingerprint density at radius 2 is 2.15 bits per heavy atom. The van der Waals surface area contributed by atoms with Crippen molar-refractivity contribution in [3.8, 4) is 0 Å². The number of aromatic nitrogens is 3. The lowest BCUT2D eigenvalue weighted by atomic mass is 10.0. The number of carbonyl (C=O) groups excluding carboxylic acids is 2. The number of nitrogens with zero attached hydrogens (tertiary/aromatic N) is 4. The molecule has 2 atom stereocenters. The minimum atomic E-state index is -0.403. The molecule has 1 aromatic heterocycles. The Morgan fingerprint density at radius 1 is 1.40 bits per heavy atom. The molecule has 2 unspecified atom stereocenters. The summed E-state index contributed by atoms with van der Waals surface area (Å²) in [4.78, 5) is 26.4. The summed E-state index contributed by atoms with van der Waals surface area (Å²) in [5.41, 5.74) is 0.712. The van der Waals surface area contributed by atoms with Crippen molar-refractivity contribution in [3.63, 3.8) is 0 Å². The molecule has 108 valence electrons. The molecule has 1 saturated heterocycles. The molecule has 0 bridgehead atoms. The third-order valence-corrected chi connectivity index (χ3v) is 3.99. The SMILES string of the molecule is CCC1C(=O)NC(C2CC2)C(=O)N1Cc1cn(C)nn1. The normalized spacial score (nSPS) is 26.8. The van der Waals surface area contributed by atoms with Gasteiger partial charge in [-0.2, -0.15) is 0 Å².